The summed E-state index contributed by atoms with van der Waals surface area (Å²) in [6.07, 6.45) is 3.91. The third kappa shape index (κ3) is 2.77. The molecule has 0 fully saturated rings. The third-order valence-corrected chi connectivity index (χ3v) is 3.20. The van der Waals surface area contributed by atoms with Crippen LogP contribution in [-0.2, 0) is 4.74 Å². The second kappa shape index (κ2) is 5.70. The maximum absolute atomic E-state index is 9.73. The van der Waals surface area contributed by atoms with E-state index in [1.807, 2.05) is 37.6 Å². The summed E-state index contributed by atoms with van der Waals surface area (Å²) in [5.41, 5.74) is 3.88. The van der Waals surface area contributed by atoms with E-state index in [4.69, 9.17) is 4.74 Å². The number of hydrogen-bond donors (Lipinski definition) is 1. The Labute approximate surface area is 119 Å². The number of rotatable bonds is 3. The highest BCUT2D eigenvalue weighted by molar-refractivity contribution is 6.60. The number of ether oxygens (including phenoxy) is 1. The summed E-state index contributed by atoms with van der Waals surface area (Å²) in [4.78, 5) is 0. The van der Waals surface area contributed by atoms with Gasteiger partial charge in [0.2, 0.25) is 7.28 Å². The van der Waals surface area contributed by atoms with E-state index in [1.165, 1.54) is 11.1 Å². The molecule has 1 heterocycles. The van der Waals surface area contributed by atoms with E-state index in [2.05, 4.69) is 24.3 Å². The lowest BCUT2D eigenvalue weighted by Gasteiger charge is -2.12. The van der Waals surface area contributed by atoms with Crippen LogP contribution in [0, 0.1) is 0 Å². The molecule has 0 saturated heterocycles. The zero-order chi connectivity index (χ0) is 13.8. The average molecular weight is 261 g/mol. The third-order valence-electron chi connectivity index (χ3n) is 3.20. The van der Waals surface area contributed by atoms with Crippen molar-refractivity contribution in [3.8, 4) is 11.1 Å². The molecule has 20 heavy (non-hydrogen) atoms. The summed E-state index contributed by atoms with van der Waals surface area (Å²) in [5, 5.41) is 9.73. The van der Waals surface area contributed by atoms with Crippen LogP contribution in [0.1, 0.15) is 6.42 Å². The number of aliphatic hydroxyl groups is 1. The number of aliphatic hydroxyl groups excluding tert-OH is 1. The Balaban J connectivity index is 1.77. The molecule has 0 unspecified atom stereocenters. The Morgan fingerprint density at radius 2 is 1.60 bits per heavy atom. The van der Waals surface area contributed by atoms with Gasteiger partial charge in [-0.25, -0.2) is 0 Å². The maximum atomic E-state index is 9.73. The summed E-state index contributed by atoms with van der Waals surface area (Å²) in [6, 6.07) is 18.4. The van der Waals surface area contributed by atoms with E-state index in [9.17, 15) is 5.11 Å². The fraction of sp³-hybridized carbons (Fsp3) is 0.0588. The molecule has 97 valence electrons. The first-order chi connectivity index (χ1) is 9.83. The van der Waals surface area contributed by atoms with Gasteiger partial charge in [0.25, 0.3) is 0 Å². The standard InChI is InChI=1S/C17H14BO2/c19-16-7-4-12-20-17(16)18-15-10-8-14(9-11-15)13-5-2-1-3-6-13/h1-6,8-12,19H,7H2. The molecule has 2 aromatic rings. The van der Waals surface area contributed by atoms with Crippen LogP contribution in [0.15, 0.2) is 78.4 Å². The Morgan fingerprint density at radius 1 is 0.900 bits per heavy atom. The molecule has 1 aliphatic rings. The molecule has 0 amide bonds. The van der Waals surface area contributed by atoms with Crippen LogP contribution in [0.2, 0.25) is 0 Å². The van der Waals surface area contributed by atoms with Gasteiger partial charge < -0.3 is 9.84 Å². The zero-order valence-corrected chi connectivity index (χ0v) is 11.0. The van der Waals surface area contributed by atoms with E-state index in [0.717, 1.165) is 5.46 Å². The van der Waals surface area contributed by atoms with Gasteiger partial charge in [0, 0.05) is 6.42 Å². The number of hydrogen-bond acceptors (Lipinski definition) is 2. The lowest BCUT2D eigenvalue weighted by Crippen LogP contribution is -2.19. The second-order valence-electron chi connectivity index (χ2n) is 4.64. The van der Waals surface area contributed by atoms with Gasteiger partial charge in [0.15, 0.2) is 0 Å². The van der Waals surface area contributed by atoms with Crippen molar-refractivity contribution >= 4 is 12.7 Å². The molecule has 2 nitrogen and oxygen atoms in total. The van der Waals surface area contributed by atoms with Crippen molar-refractivity contribution in [1.29, 1.82) is 0 Å². The first-order valence-corrected chi connectivity index (χ1v) is 6.57. The summed E-state index contributed by atoms with van der Waals surface area (Å²) in [5.74, 6) is 0.264. The molecular formula is C17H14BO2. The van der Waals surface area contributed by atoms with Gasteiger partial charge in [-0.2, -0.15) is 0 Å². The van der Waals surface area contributed by atoms with E-state index in [1.54, 1.807) is 12.3 Å². The highest BCUT2D eigenvalue weighted by Gasteiger charge is 2.12. The van der Waals surface area contributed by atoms with Crippen LogP contribution in [0.4, 0.5) is 0 Å². The number of allylic oxidation sites excluding steroid dienone is 1. The molecule has 0 saturated carbocycles. The molecule has 1 N–H and O–H groups in total. The predicted octanol–water partition coefficient (Wildman–Crippen LogP) is 3.34. The monoisotopic (exact) mass is 261 g/mol. The number of benzene rings is 2. The van der Waals surface area contributed by atoms with Crippen molar-refractivity contribution in [2.24, 2.45) is 0 Å². The minimum atomic E-state index is 0.264. The van der Waals surface area contributed by atoms with Crippen molar-refractivity contribution < 1.29 is 9.84 Å². The van der Waals surface area contributed by atoms with Crippen molar-refractivity contribution in [3.63, 3.8) is 0 Å². The van der Waals surface area contributed by atoms with E-state index >= 15 is 0 Å². The van der Waals surface area contributed by atoms with Crippen LogP contribution < -0.4 is 5.46 Å². The lowest BCUT2D eigenvalue weighted by molar-refractivity contribution is 0.301. The fourth-order valence-electron chi connectivity index (χ4n) is 2.12. The van der Waals surface area contributed by atoms with Crippen LogP contribution >= 0.6 is 0 Å². The van der Waals surface area contributed by atoms with Crippen LogP contribution in [0.3, 0.4) is 0 Å². The highest BCUT2D eigenvalue weighted by atomic mass is 16.5. The zero-order valence-electron chi connectivity index (χ0n) is 11.0. The molecule has 0 bridgehead atoms. The van der Waals surface area contributed by atoms with Crippen LogP contribution in [0.25, 0.3) is 11.1 Å². The SMILES string of the molecule is OC1=C([B]c2ccc(-c3ccccc3)cc2)OC=CC1. The molecule has 3 rings (SSSR count). The summed E-state index contributed by atoms with van der Waals surface area (Å²) in [6.45, 7) is 0. The van der Waals surface area contributed by atoms with Gasteiger partial charge in [-0.15, -0.1) is 0 Å². The van der Waals surface area contributed by atoms with Crippen LogP contribution in [0.5, 0.6) is 0 Å². The second-order valence-corrected chi connectivity index (χ2v) is 4.64. The molecule has 2 aromatic carbocycles. The molecule has 3 heteroatoms. The Morgan fingerprint density at radius 3 is 2.30 bits per heavy atom. The molecule has 0 aliphatic carbocycles. The van der Waals surface area contributed by atoms with Gasteiger partial charge in [0.1, 0.15) is 5.76 Å². The van der Waals surface area contributed by atoms with Crippen molar-refractivity contribution in [2.75, 3.05) is 0 Å². The van der Waals surface area contributed by atoms with Gasteiger partial charge >= 0.3 is 0 Å². The normalized spacial score (nSPS) is 14.0. The van der Waals surface area contributed by atoms with E-state index in [-0.39, 0.29) is 5.76 Å². The van der Waals surface area contributed by atoms with Gasteiger partial charge in [-0.1, -0.05) is 60.1 Å². The van der Waals surface area contributed by atoms with Crippen molar-refractivity contribution in [3.05, 3.63) is 78.4 Å². The molecule has 0 aromatic heterocycles. The van der Waals surface area contributed by atoms with Gasteiger partial charge in [0.05, 0.1) is 11.9 Å². The molecule has 0 spiro atoms. The first kappa shape index (κ1) is 12.6. The smallest absolute Gasteiger partial charge is 0.245 e. The minimum Gasteiger partial charge on any atom is -0.509 e. The summed E-state index contributed by atoms with van der Waals surface area (Å²) in [7, 11) is 1.84. The molecular weight excluding hydrogens is 247 g/mol. The highest BCUT2D eigenvalue weighted by Crippen LogP contribution is 2.18. The van der Waals surface area contributed by atoms with Crippen molar-refractivity contribution in [2.45, 2.75) is 6.42 Å². The maximum Gasteiger partial charge on any atom is 0.245 e. The largest absolute Gasteiger partial charge is 0.509 e. The van der Waals surface area contributed by atoms with Gasteiger partial charge in [-0.3, -0.25) is 0 Å². The predicted molar refractivity (Wildman–Crippen MR) is 81.8 cm³/mol. The lowest BCUT2D eigenvalue weighted by atomic mass is 9.67. The Bertz CT molecular complexity index is 642. The summed E-state index contributed by atoms with van der Waals surface area (Å²) < 4.78 is 5.30. The quantitative estimate of drug-likeness (QED) is 0.858. The molecule has 1 aliphatic heterocycles. The Kier molecular flexibility index (Phi) is 3.59. The van der Waals surface area contributed by atoms with Gasteiger partial charge in [-0.05, 0) is 17.2 Å². The first-order valence-electron chi connectivity index (χ1n) is 6.57. The van der Waals surface area contributed by atoms with E-state index in [0.29, 0.717) is 12.1 Å². The Hall–Kier alpha value is -2.42. The summed E-state index contributed by atoms with van der Waals surface area (Å²) >= 11 is 0. The van der Waals surface area contributed by atoms with E-state index < -0.39 is 0 Å². The van der Waals surface area contributed by atoms with Crippen LogP contribution in [-0.4, -0.2) is 12.4 Å². The van der Waals surface area contributed by atoms with Crippen molar-refractivity contribution in [1.82, 2.24) is 0 Å². The average Bonchev–Trinajstić information content (AvgIpc) is 2.51. The molecule has 0 atom stereocenters. The topological polar surface area (TPSA) is 29.5 Å². The molecule has 1 radical (unpaired) electrons. The fourth-order valence-corrected chi connectivity index (χ4v) is 2.12. The minimum absolute atomic E-state index is 0.264.